The normalized spacial score (nSPS) is 16.1. The summed E-state index contributed by atoms with van der Waals surface area (Å²) < 4.78 is 5.60. The van der Waals surface area contributed by atoms with Gasteiger partial charge in [-0.25, -0.2) is 0 Å². The average Bonchev–Trinajstić information content (AvgIpc) is 2.48. The lowest BCUT2D eigenvalue weighted by Gasteiger charge is -2.16. The van der Waals surface area contributed by atoms with E-state index in [4.69, 9.17) is 10.00 Å². The third kappa shape index (κ3) is 1.58. The van der Waals surface area contributed by atoms with Crippen molar-refractivity contribution in [1.82, 2.24) is 0 Å². The van der Waals surface area contributed by atoms with Gasteiger partial charge in [0.15, 0.2) is 0 Å². The smallest absolute Gasteiger partial charge is 0.287 e. The van der Waals surface area contributed by atoms with Crippen LogP contribution < -0.4 is 4.74 Å². The van der Waals surface area contributed by atoms with Gasteiger partial charge in [0, 0.05) is 24.1 Å². The van der Waals surface area contributed by atoms with Gasteiger partial charge in [-0.05, 0) is 13.8 Å². The SMILES string of the molecule is CC1(C)Cc2cc([N+](=O)[O-])c(C#N)cc2O1. The lowest BCUT2D eigenvalue weighted by atomic mass is 10.0. The van der Waals surface area contributed by atoms with Crippen molar-refractivity contribution in [2.75, 3.05) is 0 Å². The minimum absolute atomic E-state index is 0.0430. The predicted octanol–water partition coefficient (Wildman–Crippen LogP) is 2.18. The van der Waals surface area contributed by atoms with E-state index in [1.807, 2.05) is 19.9 Å². The molecule has 0 atom stereocenters. The molecule has 0 saturated carbocycles. The first-order chi connectivity index (χ1) is 7.43. The van der Waals surface area contributed by atoms with Crippen LogP contribution in [0.5, 0.6) is 5.75 Å². The van der Waals surface area contributed by atoms with Gasteiger partial charge in [-0.1, -0.05) is 0 Å². The Kier molecular flexibility index (Phi) is 2.09. The largest absolute Gasteiger partial charge is 0.487 e. The number of hydrogen-bond acceptors (Lipinski definition) is 4. The summed E-state index contributed by atoms with van der Waals surface area (Å²) in [4.78, 5) is 10.2. The van der Waals surface area contributed by atoms with Gasteiger partial charge in [0.1, 0.15) is 23.0 Å². The number of nitriles is 1. The van der Waals surface area contributed by atoms with Crippen LogP contribution in [-0.2, 0) is 6.42 Å². The summed E-state index contributed by atoms with van der Waals surface area (Å²) in [6.07, 6.45) is 0.620. The third-order valence-electron chi connectivity index (χ3n) is 2.50. The molecule has 0 aliphatic carbocycles. The van der Waals surface area contributed by atoms with E-state index in [-0.39, 0.29) is 16.9 Å². The van der Waals surface area contributed by atoms with Gasteiger partial charge in [-0.3, -0.25) is 10.1 Å². The zero-order valence-electron chi connectivity index (χ0n) is 8.98. The van der Waals surface area contributed by atoms with Crippen molar-refractivity contribution in [2.45, 2.75) is 25.9 Å². The van der Waals surface area contributed by atoms with E-state index >= 15 is 0 Å². The maximum absolute atomic E-state index is 10.8. The molecule has 1 aliphatic heterocycles. The Hall–Kier alpha value is -2.09. The van der Waals surface area contributed by atoms with Crippen LogP contribution in [0, 0.1) is 21.4 Å². The highest BCUT2D eigenvalue weighted by molar-refractivity contribution is 5.57. The Labute approximate surface area is 92.4 Å². The fraction of sp³-hybridized carbons (Fsp3) is 0.364. The molecule has 0 radical (unpaired) electrons. The first kappa shape index (κ1) is 10.4. The van der Waals surface area contributed by atoms with Crippen molar-refractivity contribution >= 4 is 5.69 Å². The highest BCUT2D eigenvalue weighted by Crippen LogP contribution is 2.38. The highest BCUT2D eigenvalue weighted by atomic mass is 16.6. The number of benzene rings is 1. The summed E-state index contributed by atoms with van der Waals surface area (Å²) in [5, 5.41) is 19.6. The fourth-order valence-electron chi connectivity index (χ4n) is 1.88. The number of nitrogens with zero attached hydrogens (tertiary/aromatic N) is 2. The standard InChI is InChI=1S/C11H10N2O3/c1-11(2)5-7-3-9(13(14)15)8(6-12)4-10(7)16-11/h3-4H,5H2,1-2H3. The first-order valence-corrected chi connectivity index (χ1v) is 4.83. The Morgan fingerprint density at radius 2 is 2.25 bits per heavy atom. The maximum Gasteiger partial charge on any atom is 0.287 e. The number of nitro groups is 1. The van der Waals surface area contributed by atoms with Crippen LogP contribution in [0.15, 0.2) is 12.1 Å². The van der Waals surface area contributed by atoms with Gasteiger partial charge < -0.3 is 4.74 Å². The number of ether oxygens (including phenoxy) is 1. The van der Waals surface area contributed by atoms with Gasteiger partial charge >= 0.3 is 0 Å². The summed E-state index contributed by atoms with van der Waals surface area (Å²) in [7, 11) is 0. The lowest BCUT2D eigenvalue weighted by molar-refractivity contribution is -0.385. The van der Waals surface area contributed by atoms with E-state index in [0.717, 1.165) is 5.56 Å². The molecule has 0 unspecified atom stereocenters. The second-order valence-corrected chi connectivity index (χ2v) is 4.38. The molecule has 1 aromatic rings. The van der Waals surface area contributed by atoms with E-state index in [1.165, 1.54) is 12.1 Å². The molecule has 0 N–H and O–H groups in total. The Morgan fingerprint density at radius 3 is 2.81 bits per heavy atom. The Morgan fingerprint density at radius 1 is 1.56 bits per heavy atom. The topological polar surface area (TPSA) is 76.2 Å². The second-order valence-electron chi connectivity index (χ2n) is 4.38. The molecule has 16 heavy (non-hydrogen) atoms. The molecule has 0 fully saturated rings. The molecule has 2 rings (SSSR count). The molecule has 82 valence electrons. The molecule has 1 aliphatic rings. The van der Waals surface area contributed by atoms with Gasteiger partial charge in [0.2, 0.25) is 0 Å². The summed E-state index contributed by atoms with van der Waals surface area (Å²) in [5.41, 5.74) is 0.323. The predicted molar refractivity (Wildman–Crippen MR) is 56.2 cm³/mol. The molecule has 0 bridgehead atoms. The molecule has 0 aromatic heterocycles. The minimum Gasteiger partial charge on any atom is -0.487 e. The van der Waals surface area contributed by atoms with Crippen molar-refractivity contribution < 1.29 is 9.66 Å². The number of fused-ring (bicyclic) bond motifs is 1. The summed E-state index contributed by atoms with van der Waals surface area (Å²) >= 11 is 0. The van der Waals surface area contributed by atoms with Crippen LogP contribution in [0.25, 0.3) is 0 Å². The van der Waals surface area contributed by atoms with Crippen molar-refractivity contribution in [1.29, 1.82) is 5.26 Å². The van der Waals surface area contributed by atoms with Crippen molar-refractivity contribution in [3.05, 3.63) is 33.4 Å². The molecular formula is C11H10N2O3. The monoisotopic (exact) mass is 218 g/mol. The van der Waals surface area contributed by atoms with Crippen LogP contribution in [0.2, 0.25) is 0 Å². The molecule has 5 heteroatoms. The fourth-order valence-corrected chi connectivity index (χ4v) is 1.88. The second kappa shape index (κ2) is 3.20. The summed E-state index contributed by atoms with van der Waals surface area (Å²) in [5.74, 6) is 0.576. The Balaban J connectivity index is 2.56. The molecule has 1 heterocycles. The van der Waals surface area contributed by atoms with E-state index < -0.39 is 4.92 Å². The molecule has 1 aromatic carbocycles. The molecular weight excluding hydrogens is 208 g/mol. The van der Waals surface area contributed by atoms with E-state index in [1.54, 1.807) is 0 Å². The van der Waals surface area contributed by atoms with E-state index in [9.17, 15) is 10.1 Å². The van der Waals surface area contributed by atoms with Gasteiger partial charge in [-0.15, -0.1) is 0 Å². The highest BCUT2D eigenvalue weighted by Gasteiger charge is 2.32. The zero-order valence-corrected chi connectivity index (χ0v) is 8.98. The van der Waals surface area contributed by atoms with Crippen LogP contribution in [0.4, 0.5) is 5.69 Å². The van der Waals surface area contributed by atoms with Crippen LogP contribution in [0.3, 0.4) is 0 Å². The quantitative estimate of drug-likeness (QED) is 0.534. The number of hydrogen-bond donors (Lipinski definition) is 0. The van der Waals surface area contributed by atoms with Crippen molar-refractivity contribution in [2.24, 2.45) is 0 Å². The molecule has 5 nitrogen and oxygen atoms in total. The first-order valence-electron chi connectivity index (χ1n) is 4.83. The minimum atomic E-state index is -0.538. The third-order valence-corrected chi connectivity index (χ3v) is 2.50. The molecule has 0 saturated heterocycles. The van der Waals surface area contributed by atoms with Crippen LogP contribution in [-0.4, -0.2) is 10.5 Å². The summed E-state index contributed by atoms with van der Waals surface area (Å²) in [6, 6.07) is 4.69. The zero-order chi connectivity index (χ0) is 11.9. The number of rotatable bonds is 1. The van der Waals surface area contributed by atoms with Gasteiger partial charge in [-0.2, -0.15) is 5.26 Å². The van der Waals surface area contributed by atoms with Crippen LogP contribution >= 0.6 is 0 Å². The van der Waals surface area contributed by atoms with E-state index in [0.29, 0.717) is 12.2 Å². The maximum atomic E-state index is 10.8. The average molecular weight is 218 g/mol. The van der Waals surface area contributed by atoms with E-state index in [2.05, 4.69) is 0 Å². The van der Waals surface area contributed by atoms with Gasteiger partial charge in [0.05, 0.1) is 4.92 Å². The molecule has 0 amide bonds. The lowest BCUT2D eigenvalue weighted by Crippen LogP contribution is -2.24. The van der Waals surface area contributed by atoms with Crippen molar-refractivity contribution in [3.8, 4) is 11.8 Å². The van der Waals surface area contributed by atoms with Crippen molar-refractivity contribution in [3.63, 3.8) is 0 Å². The van der Waals surface area contributed by atoms with Gasteiger partial charge in [0.25, 0.3) is 5.69 Å². The Bertz CT molecular complexity index is 515. The van der Waals surface area contributed by atoms with Crippen LogP contribution in [0.1, 0.15) is 25.0 Å². The summed E-state index contributed by atoms with van der Waals surface area (Å²) in [6.45, 7) is 3.82. The molecule has 0 spiro atoms. The number of nitro benzene ring substituents is 1.